The van der Waals surface area contributed by atoms with Gasteiger partial charge in [0.05, 0.1) is 55.4 Å². The van der Waals surface area contributed by atoms with Crippen LogP contribution >= 0.6 is 117 Å². The van der Waals surface area contributed by atoms with Gasteiger partial charge in [-0.3, -0.25) is 20.4 Å². The molecule has 0 saturated carbocycles. The Labute approximate surface area is 766 Å². The van der Waals surface area contributed by atoms with E-state index in [0.29, 0.717) is 82.0 Å². The standard InChI is InChI=1S/C24H19Cl2N3OS.C24H19ClFN3OS.C23H20Cl2N2O2S2.C23H20ClFN2O2S2/c2*25-17-6-3-15(4-7-17)23-19-9-8-18(26)14-22(19)31-21-10-5-16(13-20(21)27-23)24(30)28-29-11-1-2-12-29;2*1-2-3-12-26-31(28,29)18-9-11-21-20(14-18)27-23(15-4-6-16(24)7-5-15)19-10-8-17(25)13-22(19)30-21/h2*3-10,13-14H,1-2,11-12H2,(H,28,30);2*4-11,13-14,26H,2-3,12H2,1H3. The third-order valence-corrected chi connectivity index (χ3v) is 29.3. The SMILES string of the molecule is CCCCNS(=O)(=O)c1ccc2c(c1)N=C(c1ccc(Cl)cc1)c1ccc(Cl)cc1S2.CCCCNS(=O)(=O)c1ccc2c(c1)N=C(c1ccc(Cl)cc1)c1ccc(F)cc1S2.O=C(NN1CCCC1)c1ccc2c(c1)N=C(c1ccc(Cl)cc1)c1ccc(Cl)cc1S2.O=C(NN1CCCC1)c1ccc2c(c1)N=C(c1ccc(Cl)cc1)c1ccc(F)cc1S2. The van der Waals surface area contributed by atoms with Gasteiger partial charge < -0.3 is 0 Å². The van der Waals surface area contributed by atoms with Crippen molar-refractivity contribution in [2.24, 2.45) is 20.0 Å². The van der Waals surface area contributed by atoms with Gasteiger partial charge in [-0.05, 0) is 221 Å². The molecular weight excluding hydrogens is 1810 g/mol. The molecule has 12 aromatic rings. The molecule has 2 fully saturated rings. The number of unbranched alkanes of at least 4 members (excludes halogenated alkanes) is 2. The molecule has 0 aliphatic carbocycles. The molecule has 0 spiro atoms. The molecule has 0 bridgehead atoms. The second-order valence-corrected chi connectivity index (χ2v) is 39.7. The van der Waals surface area contributed by atoms with Crippen LogP contribution in [0.4, 0.5) is 31.5 Å². The van der Waals surface area contributed by atoms with Crippen molar-refractivity contribution in [2.45, 2.75) is 114 Å². The number of aliphatic imine (C=N–C) groups is 4. The van der Waals surface area contributed by atoms with Gasteiger partial charge in [-0.2, -0.15) is 0 Å². The first-order chi connectivity index (χ1) is 59.9. The molecule has 6 aliphatic heterocycles. The summed E-state index contributed by atoms with van der Waals surface area (Å²) in [7, 11) is -7.25. The van der Waals surface area contributed by atoms with E-state index in [2.05, 4.69) is 20.3 Å². The fraction of sp³-hybridized carbons (Fsp3) is 0.170. The fourth-order valence-corrected chi connectivity index (χ4v) is 21.3. The van der Waals surface area contributed by atoms with E-state index >= 15 is 0 Å². The van der Waals surface area contributed by atoms with Gasteiger partial charge in [-0.15, -0.1) is 0 Å². The van der Waals surface area contributed by atoms with Crippen LogP contribution in [0.1, 0.15) is 130 Å². The zero-order valence-corrected chi connectivity index (χ0v) is 76.0. The lowest BCUT2D eigenvalue weighted by Crippen LogP contribution is -2.39. The minimum absolute atomic E-state index is 0.109. The van der Waals surface area contributed by atoms with Crippen molar-refractivity contribution >= 4 is 194 Å². The van der Waals surface area contributed by atoms with Gasteiger partial charge in [0.1, 0.15) is 11.6 Å². The number of nitrogens with one attached hydrogen (secondary N) is 4. The van der Waals surface area contributed by atoms with Crippen molar-refractivity contribution in [3.8, 4) is 0 Å². The zero-order valence-electron chi connectivity index (χ0n) is 66.6. The second kappa shape index (κ2) is 40.8. The summed E-state index contributed by atoms with van der Waals surface area (Å²) in [6.45, 7) is 8.33. The summed E-state index contributed by atoms with van der Waals surface area (Å²) in [6.07, 6.45) is 7.75. The lowest BCUT2D eigenvalue weighted by Gasteiger charge is -2.16. The van der Waals surface area contributed by atoms with E-state index in [9.17, 15) is 35.2 Å². The normalized spacial score (nSPS) is 14.4. The highest BCUT2D eigenvalue weighted by molar-refractivity contribution is 8.00. The third-order valence-electron chi connectivity index (χ3n) is 20.4. The largest absolute Gasteiger partial charge is 0.285 e. The Bertz CT molecular complexity index is 6060. The Kier molecular flexibility index (Phi) is 29.5. The first-order valence-electron chi connectivity index (χ1n) is 39.8. The van der Waals surface area contributed by atoms with Crippen LogP contribution in [-0.4, -0.2) is 101 Å². The predicted molar refractivity (Wildman–Crippen MR) is 502 cm³/mol. The van der Waals surface area contributed by atoms with Crippen LogP contribution in [0.15, 0.2) is 312 Å². The van der Waals surface area contributed by atoms with Gasteiger partial charge in [0.25, 0.3) is 11.8 Å². The first-order valence-corrected chi connectivity index (χ1v) is 48.3. The van der Waals surface area contributed by atoms with E-state index in [1.807, 2.05) is 169 Å². The molecule has 2 saturated heterocycles. The van der Waals surface area contributed by atoms with Crippen molar-refractivity contribution in [1.29, 1.82) is 0 Å². The van der Waals surface area contributed by atoms with Crippen molar-refractivity contribution < 1.29 is 35.2 Å². The quantitative estimate of drug-likeness (QED) is 0.0592. The number of benzene rings is 12. The summed E-state index contributed by atoms with van der Waals surface area (Å²) in [5.41, 5.74) is 19.6. The molecule has 4 N–H and O–H groups in total. The minimum Gasteiger partial charge on any atom is -0.285 e. The summed E-state index contributed by atoms with van der Waals surface area (Å²) in [5, 5.41) is 7.76. The van der Waals surface area contributed by atoms with Gasteiger partial charge in [-0.25, -0.2) is 65.0 Å². The number of carbonyl (C=O) groups excluding carboxylic acids is 2. The number of sulfonamides is 2. The summed E-state index contributed by atoms with van der Waals surface area (Å²) in [6, 6.07) is 71.5. The second-order valence-electron chi connectivity index (χ2n) is 29.2. The summed E-state index contributed by atoms with van der Waals surface area (Å²) in [4.78, 5) is 52.5. The molecule has 30 heteroatoms. The van der Waals surface area contributed by atoms with E-state index in [4.69, 9.17) is 89.6 Å². The van der Waals surface area contributed by atoms with Crippen LogP contribution in [0.25, 0.3) is 0 Å². The molecular formula is C94H78Cl6F2N10O6S6. The van der Waals surface area contributed by atoms with Gasteiger partial charge in [0, 0.05) is 164 Å². The maximum atomic E-state index is 14.0. The zero-order chi connectivity index (χ0) is 86.8. The Hall–Kier alpha value is -9.00. The van der Waals surface area contributed by atoms with Crippen LogP contribution in [0.3, 0.4) is 0 Å². The topological polar surface area (TPSA) is 206 Å². The molecule has 124 heavy (non-hydrogen) atoms. The lowest BCUT2D eigenvalue weighted by molar-refractivity contribution is 0.0818. The number of carbonyl (C=O) groups is 2. The molecule has 18 rings (SSSR count). The van der Waals surface area contributed by atoms with Crippen LogP contribution in [0.2, 0.25) is 30.1 Å². The fourth-order valence-electron chi connectivity index (χ4n) is 14.0. The Morgan fingerprint density at radius 1 is 0.339 bits per heavy atom. The molecule has 12 aromatic carbocycles. The molecule has 0 radical (unpaired) electrons. The number of nitrogens with zero attached hydrogens (tertiary/aromatic N) is 6. The van der Waals surface area contributed by atoms with Crippen LogP contribution in [0.5, 0.6) is 0 Å². The number of hydrazine groups is 2. The molecule has 632 valence electrons. The number of hydrogen-bond acceptors (Lipinski definition) is 16. The van der Waals surface area contributed by atoms with E-state index in [1.165, 1.54) is 59.6 Å². The smallest absolute Gasteiger partial charge is 0.265 e. The van der Waals surface area contributed by atoms with Gasteiger partial charge >= 0.3 is 0 Å². The van der Waals surface area contributed by atoms with E-state index in [0.717, 1.165) is 179 Å². The molecule has 16 nitrogen and oxygen atoms in total. The highest BCUT2D eigenvalue weighted by atomic mass is 35.5. The Morgan fingerprint density at radius 2 is 0.613 bits per heavy atom. The maximum Gasteiger partial charge on any atom is 0.265 e. The number of rotatable bonds is 18. The summed E-state index contributed by atoms with van der Waals surface area (Å²) >= 11 is 42.8. The molecule has 0 atom stereocenters. The van der Waals surface area contributed by atoms with E-state index < -0.39 is 20.0 Å². The molecule has 6 aliphatic rings. The van der Waals surface area contributed by atoms with Crippen LogP contribution in [-0.2, 0) is 20.0 Å². The average Bonchev–Trinajstić information content (AvgIpc) is 1.64. The Balaban J connectivity index is 0.000000128. The molecule has 0 unspecified atom stereocenters. The van der Waals surface area contributed by atoms with Crippen molar-refractivity contribution in [2.75, 3.05) is 39.3 Å². The summed E-state index contributed by atoms with van der Waals surface area (Å²) in [5.74, 6) is -0.898. The number of amides is 2. The Morgan fingerprint density at radius 3 is 0.919 bits per heavy atom. The molecule has 0 aromatic heterocycles. The van der Waals surface area contributed by atoms with Crippen molar-refractivity contribution in [3.05, 3.63) is 340 Å². The van der Waals surface area contributed by atoms with Gasteiger partial charge in [-0.1, -0.05) is 204 Å². The minimum atomic E-state index is -3.65. The van der Waals surface area contributed by atoms with Crippen molar-refractivity contribution in [1.82, 2.24) is 30.3 Å². The average molecular weight is 1890 g/mol. The molecule has 2 amide bonds. The van der Waals surface area contributed by atoms with Crippen LogP contribution in [0, 0.1) is 11.6 Å². The van der Waals surface area contributed by atoms with Crippen LogP contribution < -0.4 is 20.3 Å². The monoisotopic (exact) mass is 1880 g/mol. The number of halogens is 8. The van der Waals surface area contributed by atoms with Gasteiger partial charge in [0.2, 0.25) is 20.0 Å². The number of fused-ring (bicyclic) bond motifs is 8. The summed E-state index contributed by atoms with van der Waals surface area (Å²) < 4.78 is 84.2. The van der Waals surface area contributed by atoms with E-state index in [1.54, 1.807) is 84.6 Å². The first kappa shape index (κ1) is 89.8. The predicted octanol–water partition coefficient (Wildman–Crippen LogP) is 25.1. The number of hydrogen-bond donors (Lipinski definition) is 4. The van der Waals surface area contributed by atoms with Crippen molar-refractivity contribution in [3.63, 3.8) is 0 Å². The lowest BCUT2D eigenvalue weighted by atomic mass is 10.0. The highest BCUT2D eigenvalue weighted by Gasteiger charge is 2.29. The highest BCUT2D eigenvalue weighted by Crippen LogP contribution is 2.48. The van der Waals surface area contributed by atoms with E-state index in [-0.39, 0.29) is 33.2 Å². The maximum absolute atomic E-state index is 14.0. The molecule has 6 heterocycles. The third kappa shape index (κ3) is 22.1. The van der Waals surface area contributed by atoms with Gasteiger partial charge in [0.15, 0.2) is 0 Å².